The van der Waals surface area contributed by atoms with E-state index in [9.17, 15) is 4.79 Å². The second-order valence-corrected chi connectivity index (χ2v) is 4.76. The van der Waals surface area contributed by atoms with E-state index in [4.69, 9.17) is 14.6 Å². The minimum atomic E-state index is -0.961. The van der Waals surface area contributed by atoms with Gasteiger partial charge in [-0.15, -0.1) is 0 Å². The van der Waals surface area contributed by atoms with Crippen molar-refractivity contribution in [2.24, 2.45) is 5.10 Å². The Labute approximate surface area is 134 Å². The van der Waals surface area contributed by atoms with E-state index in [0.29, 0.717) is 22.9 Å². The average Bonchev–Trinajstić information content (AvgIpc) is 2.59. The number of carboxylic acids is 1. The molecule has 0 fully saturated rings. The van der Waals surface area contributed by atoms with E-state index < -0.39 is 5.97 Å². The minimum Gasteiger partial charge on any atom is -0.497 e. The summed E-state index contributed by atoms with van der Waals surface area (Å²) >= 11 is 0. The summed E-state index contributed by atoms with van der Waals surface area (Å²) in [7, 11) is 3.19. The molecule has 23 heavy (non-hydrogen) atoms. The maximum absolute atomic E-state index is 10.8. The molecule has 0 bridgehead atoms. The lowest BCUT2D eigenvalue weighted by molar-refractivity contribution is 0.0697. The molecule has 120 valence electrons. The van der Waals surface area contributed by atoms with Crippen LogP contribution in [-0.4, -0.2) is 31.0 Å². The van der Waals surface area contributed by atoms with E-state index in [1.807, 2.05) is 25.1 Å². The van der Waals surface area contributed by atoms with Crippen molar-refractivity contribution in [3.05, 3.63) is 53.6 Å². The van der Waals surface area contributed by atoms with Crippen LogP contribution in [0.15, 0.2) is 47.6 Å². The number of hydrogen-bond donors (Lipinski definition) is 2. The van der Waals surface area contributed by atoms with Gasteiger partial charge in [0, 0.05) is 5.56 Å². The van der Waals surface area contributed by atoms with Gasteiger partial charge in [0.05, 0.1) is 31.2 Å². The predicted molar refractivity (Wildman–Crippen MR) is 88.8 cm³/mol. The Balaban J connectivity index is 2.20. The van der Waals surface area contributed by atoms with Crippen molar-refractivity contribution >= 4 is 17.4 Å². The van der Waals surface area contributed by atoms with E-state index in [2.05, 4.69) is 10.5 Å². The second-order valence-electron chi connectivity index (χ2n) is 4.76. The maximum Gasteiger partial charge on any atom is 0.335 e. The molecule has 0 aliphatic carbocycles. The normalized spacial score (nSPS) is 11.0. The van der Waals surface area contributed by atoms with E-state index in [1.165, 1.54) is 12.1 Å². The smallest absolute Gasteiger partial charge is 0.335 e. The second kappa shape index (κ2) is 7.31. The summed E-state index contributed by atoms with van der Waals surface area (Å²) in [5.74, 6) is 0.439. The van der Waals surface area contributed by atoms with Gasteiger partial charge in [0.15, 0.2) is 0 Å². The minimum absolute atomic E-state index is 0.228. The lowest BCUT2D eigenvalue weighted by atomic mass is 10.1. The maximum atomic E-state index is 10.8. The molecule has 2 aromatic rings. The zero-order valence-electron chi connectivity index (χ0n) is 13.2. The molecule has 0 saturated heterocycles. The van der Waals surface area contributed by atoms with Crippen molar-refractivity contribution in [1.29, 1.82) is 0 Å². The molecular weight excluding hydrogens is 296 g/mol. The molecule has 0 aliphatic heterocycles. The van der Waals surface area contributed by atoms with E-state index in [0.717, 1.165) is 5.56 Å². The van der Waals surface area contributed by atoms with Crippen LogP contribution >= 0.6 is 0 Å². The van der Waals surface area contributed by atoms with Crippen LogP contribution in [0.5, 0.6) is 11.5 Å². The van der Waals surface area contributed by atoms with Crippen LogP contribution in [0.3, 0.4) is 0 Å². The predicted octanol–water partition coefficient (Wildman–Crippen LogP) is 3.24. The molecule has 0 radical (unpaired) electrons. The fourth-order valence-corrected chi connectivity index (χ4v) is 1.99. The van der Waals surface area contributed by atoms with Gasteiger partial charge in [0.25, 0.3) is 0 Å². The molecule has 6 nitrogen and oxygen atoms in total. The number of ether oxygens (including phenoxy) is 2. The summed E-state index contributed by atoms with van der Waals surface area (Å²) < 4.78 is 10.5. The number of nitrogens with zero attached hydrogens (tertiary/aromatic N) is 1. The number of rotatable bonds is 6. The third-order valence-electron chi connectivity index (χ3n) is 3.28. The van der Waals surface area contributed by atoms with Crippen molar-refractivity contribution < 1.29 is 19.4 Å². The van der Waals surface area contributed by atoms with Crippen LogP contribution in [0.4, 0.5) is 5.69 Å². The highest BCUT2D eigenvalue weighted by Gasteiger charge is 2.08. The van der Waals surface area contributed by atoms with E-state index >= 15 is 0 Å². The zero-order chi connectivity index (χ0) is 16.8. The zero-order valence-corrected chi connectivity index (χ0v) is 13.2. The number of carbonyl (C=O) groups is 1. The first-order valence-electron chi connectivity index (χ1n) is 6.91. The standard InChI is InChI=1S/C17H18N2O4/c1-11(15-10-14(22-2)8-9-16(15)23-3)18-19-13-6-4-12(5-7-13)17(20)21/h4-10,19H,1-3H3,(H,20,21)/b18-11+. The number of anilines is 1. The molecule has 0 unspecified atom stereocenters. The monoisotopic (exact) mass is 314 g/mol. The first-order valence-corrected chi connectivity index (χ1v) is 6.91. The Kier molecular flexibility index (Phi) is 5.19. The Morgan fingerprint density at radius 2 is 1.78 bits per heavy atom. The summed E-state index contributed by atoms with van der Waals surface area (Å²) in [6.45, 7) is 1.84. The highest BCUT2D eigenvalue weighted by Crippen LogP contribution is 2.24. The van der Waals surface area contributed by atoms with Crippen LogP contribution in [-0.2, 0) is 0 Å². The molecule has 0 amide bonds. The van der Waals surface area contributed by atoms with Gasteiger partial charge >= 0.3 is 5.97 Å². The largest absolute Gasteiger partial charge is 0.497 e. The van der Waals surface area contributed by atoms with Crippen LogP contribution in [0.25, 0.3) is 0 Å². The molecule has 2 N–H and O–H groups in total. The quantitative estimate of drug-likeness (QED) is 0.632. The first kappa shape index (κ1) is 16.4. The molecule has 0 spiro atoms. The number of methoxy groups -OCH3 is 2. The third-order valence-corrected chi connectivity index (χ3v) is 3.28. The Hall–Kier alpha value is -3.02. The molecule has 2 rings (SSSR count). The molecular formula is C17H18N2O4. The highest BCUT2D eigenvalue weighted by molar-refractivity contribution is 6.01. The van der Waals surface area contributed by atoms with Crippen LogP contribution in [0.1, 0.15) is 22.8 Å². The van der Waals surface area contributed by atoms with Gasteiger partial charge < -0.3 is 14.6 Å². The van der Waals surface area contributed by atoms with Crippen molar-refractivity contribution in [2.75, 3.05) is 19.6 Å². The Morgan fingerprint density at radius 3 is 2.35 bits per heavy atom. The third kappa shape index (κ3) is 4.00. The molecule has 0 saturated carbocycles. The van der Waals surface area contributed by atoms with E-state index in [1.54, 1.807) is 26.4 Å². The molecule has 0 heterocycles. The SMILES string of the molecule is COc1ccc(OC)c(/C(C)=N/Nc2ccc(C(=O)O)cc2)c1. The summed E-state index contributed by atoms with van der Waals surface area (Å²) in [5, 5.41) is 13.2. The van der Waals surface area contributed by atoms with Gasteiger partial charge in [-0.05, 0) is 49.4 Å². The lowest BCUT2D eigenvalue weighted by Crippen LogP contribution is -2.03. The summed E-state index contributed by atoms with van der Waals surface area (Å²) in [4.78, 5) is 10.8. The number of hydrogen-bond acceptors (Lipinski definition) is 5. The van der Waals surface area contributed by atoms with Gasteiger partial charge in [0.1, 0.15) is 11.5 Å². The Bertz CT molecular complexity index is 724. The molecule has 0 aromatic heterocycles. The van der Waals surface area contributed by atoms with Crippen molar-refractivity contribution in [2.45, 2.75) is 6.92 Å². The van der Waals surface area contributed by atoms with Crippen molar-refractivity contribution in [1.82, 2.24) is 0 Å². The van der Waals surface area contributed by atoms with Gasteiger partial charge in [-0.25, -0.2) is 4.79 Å². The Morgan fingerprint density at radius 1 is 1.09 bits per heavy atom. The fourth-order valence-electron chi connectivity index (χ4n) is 1.99. The first-order chi connectivity index (χ1) is 11.0. The van der Waals surface area contributed by atoms with Crippen LogP contribution in [0.2, 0.25) is 0 Å². The van der Waals surface area contributed by atoms with Crippen LogP contribution < -0.4 is 14.9 Å². The summed E-state index contributed by atoms with van der Waals surface area (Å²) in [6.07, 6.45) is 0. The van der Waals surface area contributed by atoms with Gasteiger partial charge in [-0.3, -0.25) is 5.43 Å². The van der Waals surface area contributed by atoms with Gasteiger partial charge in [-0.2, -0.15) is 5.10 Å². The number of benzene rings is 2. The molecule has 2 aromatic carbocycles. The van der Waals surface area contributed by atoms with Gasteiger partial charge in [0.2, 0.25) is 0 Å². The van der Waals surface area contributed by atoms with Crippen molar-refractivity contribution in [3.8, 4) is 11.5 Å². The molecule has 0 aliphatic rings. The summed E-state index contributed by atoms with van der Waals surface area (Å²) in [6, 6.07) is 11.8. The van der Waals surface area contributed by atoms with Crippen molar-refractivity contribution in [3.63, 3.8) is 0 Å². The highest BCUT2D eigenvalue weighted by atomic mass is 16.5. The van der Waals surface area contributed by atoms with Crippen LogP contribution in [0, 0.1) is 0 Å². The topological polar surface area (TPSA) is 80.2 Å². The molecule has 0 atom stereocenters. The lowest BCUT2D eigenvalue weighted by Gasteiger charge is -2.10. The summed E-state index contributed by atoms with van der Waals surface area (Å²) in [5.41, 5.74) is 5.33. The average molecular weight is 314 g/mol. The number of aromatic carboxylic acids is 1. The molecule has 6 heteroatoms. The number of hydrazone groups is 1. The number of nitrogens with one attached hydrogen (secondary N) is 1. The van der Waals surface area contributed by atoms with Gasteiger partial charge in [-0.1, -0.05) is 0 Å². The fraction of sp³-hybridized carbons (Fsp3) is 0.176. The number of carboxylic acid groups (broad SMARTS) is 1. The van der Waals surface area contributed by atoms with E-state index in [-0.39, 0.29) is 5.56 Å².